The molecule has 4 heteroatoms. The van der Waals surface area contributed by atoms with Gasteiger partial charge in [0, 0.05) is 22.6 Å². The third-order valence-corrected chi connectivity index (χ3v) is 4.65. The van der Waals surface area contributed by atoms with Crippen molar-refractivity contribution in [3.63, 3.8) is 0 Å². The average Bonchev–Trinajstić information content (AvgIpc) is 2.48. The van der Waals surface area contributed by atoms with Gasteiger partial charge in [-0.1, -0.05) is 40.2 Å². The van der Waals surface area contributed by atoms with Crippen LogP contribution in [0.25, 0.3) is 0 Å². The highest BCUT2D eigenvalue weighted by atomic mass is 79.9. The Kier molecular flexibility index (Phi) is 4.68. The van der Waals surface area contributed by atoms with Crippen LogP contribution in [0.3, 0.4) is 0 Å². The first-order valence-electron chi connectivity index (χ1n) is 6.73. The summed E-state index contributed by atoms with van der Waals surface area (Å²) < 4.78 is 0.914. The molecule has 0 fully saturated rings. The molecule has 1 amide bonds. The van der Waals surface area contributed by atoms with Crippen molar-refractivity contribution >= 4 is 21.8 Å². The number of halogens is 1. The number of nitrogens with zero attached hydrogens (tertiary/aromatic N) is 1. The number of benzene rings is 2. The Morgan fingerprint density at radius 2 is 1.86 bits per heavy atom. The second kappa shape index (κ2) is 6.31. The third-order valence-electron chi connectivity index (χ3n) is 3.79. The molecule has 0 radical (unpaired) electrons. The van der Waals surface area contributed by atoms with E-state index in [4.69, 9.17) is 0 Å². The van der Waals surface area contributed by atoms with Gasteiger partial charge in [-0.05, 0) is 37.6 Å². The van der Waals surface area contributed by atoms with Crippen LogP contribution in [0.15, 0.2) is 46.9 Å². The predicted molar refractivity (Wildman–Crippen MR) is 87.5 cm³/mol. The topological polar surface area (TPSA) is 40.5 Å². The summed E-state index contributed by atoms with van der Waals surface area (Å²) in [5.41, 5.74) is 2.31. The minimum Gasteiger partial charge on any atom is -0.508 e. The van der Waals surface area contributed by atoms with E-state index in [0.717, 1.165) is 15.6 Å². The number of phenols is 1. The molecule has 2 aromatic rings. The lowest BCUT2D eigenvalue weighted by atomic mass is 10.0. The fourth-order valence-corrected chi connectivity index (χ4v) is 2.62. The molecule has 0 saturated heterocycles. The molecule has 0 bridgehead atoms. The van der Waals surface area contributed by atoms with E-state index >= 15 is 0 Å². The lowest BCUT2D eigenvalue weighted by Gasteiger charge is -2.26. The van der Waals surface area contributed by atoms with Crippen LogP contribution in [-0.2, 0) is 0 Å². The zero-order chi connectivity index (χ0) is 15.6. The van der Waals surface area contributed by atoms with E-state index in [2.05, 4.69) is 15.9 Å². The van der Waals surface area contributed by atoms with E-state index in [-0.39, 0.29) is 17.7 Å². The molecule has 0 saturated carbocycles. The van der Waals surface area contributed by atoms with Crippen molar-refractivity contribution in [3.8, 4) is 5.75 Å². The van der Waals surface area contributed by atoms with Crippen LogP contribution in [0.2, 0.25) is 0 Å². The van der Waals surface area contributed by atoms with Crippen molar-refractivity contribution in [1.82, 2.24) is 4.90 Å². The van der Waals surface area contributed by atoms with Gasteiger partial charge in [0.25, 0.3) is 5.91 Å². The zero-order valence-corrected chi connectivity index (χ0v) is 13.9. The van der Waals surface area contributed by atoms with Crippen LogP contribution in [-0.4, -0.2) is 23.0 Å². The lowest BCUT2D eigenvalue weighted by molar-refractivity contribution is 0.0740. The van der Waals surface area contributed by atoms with Crippen LogP contribution < -0.4 is 0 Å². The van der Waals surface area contributed by atoms with E-state index in [9.17, 15) is 9.90 Å². The van der Waals surface area contributed by atoms with Gasteiger partial charge in [0.05, 0.1) is 6.04 Å². The number of hydrogen-bond donors (Lipinski definition) is 1. The minimum absolute atomic E-state index is 0.0652. The van der Waals surface area contributed by atoms with Crippen LogP contribution >= 0.6 is 15.9 Å². The Labute approximate surface area is 133 Å². The van der Waals surface area contributed by atoms with Gasteiger partial charge in [0.15, 0.2) is 0 Å². The Hall–Kier alpha value is -1.81. The summed E-state index contributed by atoms with van der Waals surface area (Å²) in [6.45, 7) is 3.82. The standard InChI is InChI=1S/C17H18BrNO2/c1-11-13(8-6-9-15(11)18)17(21)19(3)12(2)14-7-4-5-10-16(14)20/h4-10,12,20H,1-3H3. The molecule has 2 aromatic carbocycles. The maximum Gasteiger partial charge on any atom is 0.254 e. The SMILES string of the molecule is Cc1c(Br)cccc1C(=O)N(C)C(C)c1ccccc1O. The highest BCUT2D eigenvalue weighted by molar-refractivity contribution is 9.10. The molecular weight excluding hydrogens is 330 g/mol. The second-order valence-electron chi connectivity index (χ2n) is 5.06. The quantitative estimate of drug-likeness (QED) is 0.899. The van der Waals surface area contributed by atoms with Crippen molar-refractivity contribution in [3.05, 3.63) is 63.6 Å². The second-order valence-corrected chi connectivity index (χ2v) is 5.92. The summed E-state index contributed by atoms with van der Waals surface area (Å²) in [6, 6.07) is 12.5. The first-order valence-corrected chi connectivity index (χ1v) is 7.53. The monoisotopic (exact) mass is 347 g/mol. The normalized spacial score (nSPS) is 12.0. The molecule has 0 aliphatic rings. The van der Waals surface area contributed by atoms with Crippen LogP contribution in [0.1, 0.15) is 34.5 Å². The highest BCUT2D eigenvalue weighted by Gasteiger charge is 2.22. The molecule has 0 aliphatic heterocycles. The largest absolute Gasteiger partial charge is 0.508 e. The number of aromatic hydroxyl groups is 1. The molecule has 3 nitrogen and oxygen atoms in total. The van der Waals surface area contributed by atoms with Crippen molar-refractivity contribution in [2.24, 2.45) is 0 Å². The van der Waals surface area contributed by atoms with Gasteiger partial charge >= 0.3 is 0 Å². The lowest BCUT2D eigenvalue weighted by Crippen LogP contribution is -2.30. The van der Waals surface area contributed by atoms with Crippen molar-refractivity contribution in [2.45, 2.75) is 19.9 Å². The fraction of sp³-hybridized carbons (Fsp3) is 0.235. The Morgan fingerprint density at radius 1 is 1.19 bits per heavy atom. The maximum atomic E-state index is 12.7. The maximum absolute atomic E-state index is 12.7. The van der Waals surface area contributed by atoms with Crippen molar-refractivity contribution in [2.75, 3.05) is 7.05 Å². The summed E-state index contributed by atoms with van der Waals surface area (Å²) in [4.78, 5) is 14.3. The van der Waals surface area contributed by atoms with E-state index in [1.165, 1.54) is 0 Å². The van der Waals surface area contributed by atoms with Gasteiger partial charge in [-0.15, -0.1) is 0 Å². The number of carbonyl (C=O) groups excluding carboxylic acids is 1. The van der Waals surface area contributed by atoms with Crippen molar-refractivity contribution < 1.29 is 9.90 Å². The fourth-order valence-electron chi connectivity index (χ4n) is 2.25. The first-order chi connectivity index (χ1) is 9.93. The zero-order valence-electron chi connectivity index (χ0n) is 12.3. The summed E-state index contributed by atoms with van der Waals surface area (Å²) in [7, 11) is 1.75. The average molecular weight is 348 g/mol. The first kappa shape index (κ1) is 15.6. The number of carbonyl (C=O) groups is 1. The van der Waals surface area contributed by atoms with Crippen LogP contribution in [0.4, 0.5) is 0 Å². The summed E-state index contributed by atoms with van der Waals surface area (Å²) in [5, 5.41) is 9.94. The van der Waals surface area contributed by atoms with Gasteiger partial charge in [0.2, 0.25) is 0 Å². The van der Waals surface area contributed by atoms with Gasteiger partial charge in [-0.25, -0.2) is 0 Å². The molecule has 0 aliphatic carbocycles. The van der Waals surface area contributed by atoms with Crippen molar-refractivity contribution in [1.29, 1.82) is 0 Å². The minimum atomic E-state index is -0.211. The predicted octanol–water partition coefficient (Wildman–Crippen LogP) is 4.30. The highest BCUT2D eigenvalue weighted by Crippen LogP contribution is 2.29. The molecule has 0 spiro atoms. The van der Waals surface area contributed by atoms with E-state index < -0.39 is 0 Å². The van der Waals surface area contributed by atoms with E-state index in [0.29, 0.717) is 5.56 Å². The number of amides is 1. The number of para-hydroxylation sites is 1. The molecule has 0 heterocycles. The third kappa shape index (κ3) is 3.10. The molecule has 2 rings (SSSR count). The molecule has 110 valence electrons. The van der Waals surface area contributed by atoms with Gasteiger partial charge in [-0.3, -0.25) is 4.79 Å². The summed E-state index contributed by atoms with van der Waals surface area (Å²) in [6.07, 6.45) is 0. The Bertz CT molecular complexity index is 670. The van der Waals surface area contributed by atoms with E-state index in [1.807, 2.05) is 44.2 Å². The van der Waals surface area contributed by atoms with E-state index in [1.54, 1.807) is 24.1 Å². The van der Waals surface area contributed by atoms with Gasteiger partial charge < -0.3 is 10.0 Å². The molecule has 1 atom stereocenters. The molecule has 21 heavy (non-hydrogen) atoms. The van der Waals surface area contributed by atoms with Crippen LogP contribution in [0, 0.1) is 6.92 Å². The smallest absolute Gasteiger partial charge is 0.254 e. The molecule has 1 unspecified atom stereocenters. The summed E-state index contributed by atoms with van der Waals surface area (Å²) in [5.74, 6) is 0.139. The summed E-state index contributed by atoms with van der Waals surface area (Å²) >= 11 is 3.45. The molecule has 1 N–H and O–H groups in total. The molecule has 0 aromatic heterocycles. The van der Waals surface area contributed by atoms with Gasteiger partial charge in [0.1, 0.15) is 5.75 Å². The van der Waals surface area contributed by atoms with Crippen LogP contribution in [0.5, 0.6) is 5.75 Å². The number of hydrogen-bond acceptors (Lipinski definition) is 2. The number of phenolic OH excluding ortho intramolecular Hbond substituents is 1. The Morgan fingerprint density at radius 3 is 2.52 bits per heavy atom. The van der Waals surface area contributed by atoms with Gasteiger partial charge in [-0.2, -0.15) is 0 Å². The molecular formula is C17H18BrNO2. The number of rotatable bonds is 3. The Balaban J connectivity index is 2.31.